The lowest BCUT2D eigenvalue weighted by Gasteiger charge is -2.07. The molecule has 0 aliphatic heterocycles. The van der Waals surface area contributed by atoms with Crippen molar-refractivity contribution in [2.24, 2.45) is 5.73 Å². The van der Waals surface area contributed by atoms with Crippen molar-refractivity contribution in [2.45, 2.75) is 33.1 Å². The smallest absolute Gasteiger partial charge is 0.0679 e. The first-order valence-electron chi connectivity index (χ1n) is 6.51. The van der Waals surface area contributed by atoms with Crippen LogP contribution in [0.4, 0.5) is 0 Å². The third-order valence-electron chi connectivity index (χ3n) is 3.14. The Kier molecular flexibility index (Phi) is 4.10. The van der Waals surface area contributed by atoms with Gasteiger partial charge in [0.1, 0.15) is 0 Å². The van der Waals surface area contributed by atoms with E-state index in [0.717, 1.165) is 30.6 Å². The first-order chi connectivity index (χ1) is 8.81. The van der Waals surface area contributed by atoms with Gasteiger partial charge in [-0.3, -0.25) is 4.98 Å². The number of nitrogens with zero attached hydrogens (tertiary/aromatic N) is 3. The number of aromatic nitrogens is 3. The first-order valence-corrected chi connectivity index (χ1v) is 6.51. The van der Waals surface area contributed by atoms with E-state index in [1.165, 1.54) is 11.3 Å². The monoisotopic (exact) mass is 244 g/mol. The number of hydrogen-bond acceptors (Lipinski definition) is 3. The van der Waals surface area contributed by atoms with E-state index in [2.05, 4.69) is 18.8 Å². The Bertz CT molecular complexity index is 502. The summed E-state index contributed by atoms with van der Waals surface area (Å²) in [7, 11) is 0. The molecule has 2 aromatic rings. The molecule has 0 saturated heterocycles. The normalized spacial score (nSPS) is 10.8. The number of pyridine rings is 1. The van der Waals surface area contributed by atoms with Crippen LogP contribution in [-0.4, -0.2) is 21.3 Å². The lowest BCUT2D eigenvalue weighted by molar-refractivity contribution is 0.791. The van der Waals surface area contributed by atoms with Gasteiger partial charge in [-0.05, 0) is 43.5 Å². The molecule has 0 amide bonds. The lowest BCUT2D eigenvalue weighted by Crippen LogP contribution is -2.07. The summed E-state index contributed by atoms with van der Waals surface area (Å²) >= 11 is 0. The minimum atomic E-state index is 0.669. The van der Waals surface area contributed by atoms with Crippen molar-refractivity contribution in [3.63, 3.8) is 0 Å². The SMILES string of the molecule is CCc1nn(-c2ccncc2)c(CC)c1CCN. The van der Waals surface area contributed by atoms with Crippen molar-refractivity contribution in [3.8, 4) is 5.69 Å². The molecule has 0 radical (unpaired) electrons. The molecule has 4 heteroatoms. The standard InChI is InChI=1S/C14H20N4/c1-3-13-12(5-8-15)14(4-2)18(17-13)11-6-9-16-10-7-11/h6-7,9-10H,3-5,8,15H2,1-2H3. The predicted molar refractivity (Wildman–Crippen MR) is 72.9 cm³/mol. The maximum atomic E-state index is 5.71. The largest absolute Gasteiger partial charge is 0.330 e. The molecule has 0 unspecified atom stereocenters. The number of aryl methyl sites for hydroxylation is 1. The second-order valence-corrected chi connectivity index (χ2v) is 4.23. The van der Waals surface area contributed by atoms with Crippen molar-refractivity contribution in [1.29, 1.82) is 0 Å². The Labute approximate surface area is 108 Å². The van der Waals surface area contributed by atoms with Gasteiger partial charge in [-0.1, -0.05) is 13.8 Å². The minimum Gasteiger partial charge on any atom is -0.330 e. The van der Waals surface area contributed by atoms with Crippen molar-refractivity contribution < 1.29 is 0 Å². The fourth-order valence-electron chi connectivity index (χ4n) is 2.31. The van der Waals surface area contributed by atoms with Gasteiger partial charge in [0, 0.05) is 18.1 Å². The quantitative estimate of drug-likeness (QED) is 0.874. The third kappa shape index (κ3) is 2.29. The minimum absolute atomic E-state index is 0.669. The summed E-state index contributed by atoms with van der Waals surface area (Å²) in [5.41, 5.74) is 10.5. The van der Waals surface area contributed by atoms with Crippen LogP contribution < -0.4 is 5.73 Å². The lowest BCUT2D eigenvalue weighted by atomic mass is 10.1. The maximum Gasteiger partial charge on any atom is 0.0679 e. The Morgan fingerprint density at radius 1 is 1.17 bits per heavy atom. The van der Waals surface area contributed by atoms with Crippen LogP contribution in [0.5, 0.6) is 0 Å². The molecule has 0 aromatic carbocycles. The van der Waals surface area contributed by atoms with Crippen molar-refractivity contribution in [2.75, 3.05) is 6.54 Å². The molecule has 2 aromatic heterocycles. The number of hydrogen-bond donors (Lipinski definition) is 1. The van der Waals surface area contributed by atoms with Crippen LogP contribution in [0.1, 0.15) is 30.8 Å². The zero-order valence-electron chi connectivity index (χ0n) is 11.1. The Morgan fingerprint density at radius 3 is 2.44 bits per heavy atom. The van der Waals surface area contributed by atoms with Gasteiger partial charge in [-0.25, -0.2) is 4.68 Å². The molecule has 0 saturated carbocycles. The van der Waals surface area contributed by atoms with Crippen LogP contribution in [0, 0.1) is 0 Å². The van der Waals surface area contributed by atoms with E-state index in [9.17, 15) is 0 Å². The van der Waals surface area contributed by atoms with E-state index in [4.69, 9.17) is 10.8 Å². The van der Waals surface area contributed by atoms with E-state index in [1.807, 2.05) is 16.8 Å². The molecule has 18 heavy (non-hydrogen) atoms. The van der Waals surface area contributed by atoms with Crippen molar-refractivity contribution in [3.05, 3.63) is 41.5 Å². The van der Waals surface area contributed by atoms with Crippen LogP contribution in [0.15, 0.2) is 24.5 Å². The zero-order chi connectivity index (χ0) is 13.0. The average Bonchev–Trinajstić information content (AvgIpc) is 2.78. The molecule has 2 rings (SSSR count). The van der Waals surface area contributed by atoms with Crippen LogP contribution in [0.2, 0.25) is 0 Å². The van der Waals surface area contributed by atoms with E-state index >= 15 is 0 Å². The highest BCUT2D eigenvalue weighted by Crippen LogP contribution is 2.20. The van der Waals surface area contributed by atoms with Gasteiger partial charge in [0.05, 0.1) is 11.4 Å². The van der Waals surface area contributed by atoms with E-state index in [0.29, 0.717) is 6.54 Å². The van der Waals surface area contributed by atoms with E-state index in [1.54, 1.807) is 12.4 Å². The highest BCUT2D eigenvalue weighted by Gasteiger charge is 2.15. The summed E-state index contributed by atoms with van der Waals surface area (Å²) < 4.78 is 2.03. The fourth-order valence-corrected chi connectivity index (χ4v) is 2.31. The fraction of sp³-hybridized carbons (Fsp3) is 0.429. The van der Waals surface area contributed by atoms with E-state index in [-0.39, 0.29) is 0 Å². The molecule has 2 heterocycles. The molecule has 0 spiro atoms. The van der Waals surface area contributed by atoms with Gasteiger partial charge in [-0.15, -0.1) is 0 Å². The molecule has 0 atom stereocenters. The molecule has 0 aliphatic carbocycles. The maximum absolute atomic E-state index is 5.71. The Hall–Kier alpha value is -1.68. The molecule has 0 fully saturated rings. The highest BCUT2D eigenvalue weighted by atomic mass is 15.3. The number of rotatable bonds is 5. The van der Waals surface area contributed by atoms with Crippen molar-refractivity contribution in [1.82, 2.24) is 14.8 Å². The second kappa shape index (κ2) is 5.78. The van der Waals surface area contributed by atoms with Crippen LogP contribution in [-0.2, 0) is 19.3 Å². The molecular formula is C14H20N4. The molecule has 0 bridgehead atoms. The Morgan fingerprint density at radius 2 is 1.89 bits per heavy atom. The summed E-state index contributed by atoms with van der Waals surface area (Å²) in [6, 6.07) is 3.97. The summed E-state index contributed by atoms with van der Waals surface area (Å²) in [6.45, 7) is 4.97. The van der Waals surface area contributed by atoms with Gasteiger partial charge in [0.25, 0.3) is 0 Å². The zero-order valence-corrected chi connectivity index (χ0v) is 11.1. The third-order valence-corrected chi connectivity index (χ3v) is 3.14. The Balaban J connectivity index is 2.54. The molecular weight excluding hydrogens is 224 g/mol. The highest BCUT2D eigenvalue weighted by molar-refractivity contribution is 5.37. The van der Waals surface area contributed by atoms with Crippen molar-refractivity contribution >= 4 is 0 Å². The number of nitrogens with two attached hydrogens (primary N) is 1. The topological polar surface area (TPSA) is 56.7 Å². The summed E-state index contributed by atoms with van der Waals surface area (Å²) in [4.78, 5) is 4.05. The van der Waals surface area contributed by atoms with Crippen LogP contribution >= 0.6 is 0 Å². The van der Waals surface area contributed by atoms with Gasteiger partial charge < -0.3 is 5.73 Å². The van der Waals surface area contributed by atoms with Gasteiger partial charge >= 0.3 is 0 Å². The van der Waals surface area contributed by atoms with Crippen LogP contribution in [0.25, 0.3) is 5.69 Å². The molecule has 0 aliphatic rings. The van der Waals surface area contributed by atoms with E-state index < -0.39 is 0 Å². The average molecular weight is 244 g/mol. The summed E-state index contributed by atoms with van der Waals surface area (Å²) in [5.74, 6) is 0. The molecule has 2 N–H and O–H groups in total. The summed E-state index contributed by atoms with van der Waals surface area (Å²) in [6.07, 6.45) is 6.40. The van der Waals surface area contributed by atoms with Gasteiger partial charge in [0.15, 0.2) is 0 Å². The second-order valence-electron chi connectivity index (χ2n) is 4.23. The summed E-state index contributed by atoms with van der Waals surface area (Å²) in [5, 5.41) is 4.72. The molecule has 96 valence electrons. The van der Waals surface area contributed by atoms with Gasteiger partial charge in [-0.2, -0.15) is 5.10 Å². The van der Waals surface area contributed by atoms with Gasteiger partial charge in [0.2, 0.25) is 0 Å². The van der Waals surface area contributed by atoms with Crippen LogP contribution in [0.3, 0.4) is 0 Å². The first kappa shape index (κ1) is 12.8. The molecule has 4 nitrogen and oxygen atoms in total. The predicted octanol–water partition coefficient (Wildman–Crippen LogP) is 1.89.